The van der Waals surface area contributed by atoms with E-state index in [9.17, 15) is 18.0 Å². The Morgan fingerprint density at radius 1 is 1.36 bits per heavy atom. The van der Waals surface area contributed by atoms with Crippen molar-refractivity contribution in [3.8, 4) is 6.07 Å². The number of nitriles is 1. The fourth-order valence-electron chi connectivity index (χ4n) is 2.48. The molecule has 118 valence electrons. The van der Waals surface area contributed by atoms with Crippen molar-refractivity contribution in [1.82, 2.24) is 4.90 Å². The zero-order valence-corrected chi connectivity index (χ0v) is 11.7. The van der Waals surface area contributed by atoms with Crippen LogP contribution in [0.15, 0.2) is 30.3 Å². The molecule has 0 bridgehead atoms. The number of amides is 1. The molecule has 1 saturated heterocycles. The van der Waals surface area contributed by atoms with Gasteiger partial charge in [0.2, 0.25) is 0 Å². The van der Waals surface area contributed by atoms with Crippen molar-refractivity contribution >= 4 is 6.09 Å². The van der Waals surface area contributed by atoms with Gasteiger partial charge in [0.05, 0.1) is 18.4 Å². The number of carbonyl (C=O) groups excluding carboxylic acids is 1. The molecule has 0 spiro atoms. The molecule has 1 aromatic rings. The predicted molar refractivity (Wildman–Crippen MR) is 71.5 cm³/mol. The molecule has 1 aromatic carbocycles. The minimum Gasteiger partial charge on any atom is -0.445 e. The molecular weight excluding hydrogens is 297 g/mol. The Hall–Kier alpha value is -2.23. The van der Waals surface area contributed by atoms with Crippen LogP contribution in [0.2, 0.25) is 0 Å². The zero-order chi connectivity index (χ0) is 16.2. The van der Waals surface area contributed by atoms with Gasteiger partial charge in [0.15, 0.2) is 0 Å². The number of ether oxygens (including phenoxy) is 1. The number of alkyl halides is 3. The molecule has 1 amide bonds. The normalized spacial score (nSPS) is 21.5. The first kappa shape index (κ1) is 16.1. The van der Waals surface area contributed by atoms with Gasteiger partial charge in [-0.1, -0.05) is 30.3 Å². The second kappa shape index (κ2) is 6.69. The zero-order valence-electron chi connectivity index (χ0n) is 11.7. The number of likely N-dealkylation sites (tertiary alicyclic amines) is 1. The van der Waals surface area contributed by atoms with Gasteiger partial charge in [-0.25, -0.2) is 4.79 Å². The summed E-state index contributed by atoms with van der Waals surface area (Å²) in [7, 11) is 0. The van der Waals surface area contributed by atoms with Crippen LogP contribution in [0, 0.1) is 17.2 Å². The maximum atomic E-state index is 12.8. The topological polar surface area (TPSA) is 53.3 Å². The van der Waals surface area contributed by atoms with Crippen LogP contribution in [-0.2, 0) is 11.3 Å². The number of halogens is 3. The summed E-state index contributed by atoms with van der Waals surface area (Å²) in [4.78, 5) is 13.0. The van der Waals surface area contributed by atoms with Crippen LogP contribution in [0.1, 0.15) is 18.4 Å². The predicted octanol–water partition coefficient (Wildman–Crippen LogP) is 3.49. The molecule has 4 nitrogen and oxygen atoms in total. The van der Waals surface area contributed by atoms with Crippen LogP contribution in [0.25, 0.3) is 0 Å². The first-order valence-corrected chi connectivity index (χ1v) is 6.82. The summed E-state index contributed by atoms with van der Waals surface area (Å²) < 4.78 is 43.5. The Kier molecular flexibility index (Phi) is 4.91. The van der Waals surface area contributed by atoms with Crippen LogP contribution in [0.5, 0.6) is 0 Å². The number of benzene rings is 1. The minimum absolute atomic E-state index is 0.00781. The quantitative estimate of drug-likeness (QED) is 0.858. The second-order valence-electron chi connectivity index (χ2n) is 5.18. The van der Waals surface area contributed by atoms with Crippen LogP contribution >= 0.6 is 0 Å². The van der Waals surface area contributed by atoms with Gasteiger partial charge in [0.1, 0.15) is 6.61 Å². The lowest BCUT2D eigenvalue weighted by Gasteiger charge is -2.22. The van der Waals surface area contributed by atoms with Crippen molar-refractivity contribution in [2.45, 2.75) is 31.7 Å². The highest BCUT2D eigenvalue weighted by Crippen LogP contribution is 2.37. The van der Waals surface area contributed by atoms with Gasteiger partial charge in [0, 0.05) is 12.6 Å². The molecule has 0 saturated carbocycles. The standard InChI is InChI=1S/C15H15F3N2O2/c16-15(17,18)12-8-13(6-7-19)20(9-12)14(21)22-10-11-4-2-1-3-5-11/h1-5,12-13H,6,8-10H2/t12-,13+/m1/s1. The molecule has 22 heavy (non-hydrogen) atoms. The van der Waals surface area contributed by atoms with E-state index >= 15 is 0 Å². The molecule has 0 radical (unpaired) electrons. The minimum atomic E-state index is -4.37. The van der Waals surface area contributed by atoms with Gasteiger partial charge in [-0.15, -0.1) is 0 Å². The molecule has 7 heteroatoms. The molecule has 0 aliphatic carbocycles. The summed E-state index contributed by atoms with van der Waals surface area (Å²) in [6.07, 6.45) is -5.57. The Balaban J connectivity index is 1.99. The van der Waals surface area contributed by atoms with Gasteiger partial charge in [-0.05, 0) is 12.0 Å². The van der Waals surface area contributed by atoms with Crippen molar-refractivity contribution in [2.24, 2.45) is 5.92 Å². The Labute approximate surface area is 126 Å². The lowest BCUT2D eigenvalue weighted by Crippen LogP contribution is -2.36. The average Bonchev–Trinajstić information content (AvgIpc) is 2.90. The molecule has 0 unspecified atom stereocenters. The fourth-order valence-corrected chi connectivity index (χ4v) is 2.48. The lowest BCUT2D eigenvalue weighted by molar-refractivity contribution is -0.170. The van der Waals surface area contributed by atoms with Crippen molar-refractivity contribution in [1.29, 1.82) is 5.26 Å². The van der Waals surface area contributed by atoms with Gasteiger partial charge in [-0.3, -0.25) is 0 Å². The van der Waals surface area contributed by atoms with Crippen molar-refractivity contribution < 1.29 is 22.7 Å². The third-order valence-electron chi connectivity index (χ3n) is 3.64. The Morgan fingerprint density at radius 2 is 2.05 bits per heavy atom. The number of carbonyl (C=O) groups is 1. The first-order valence-electron chi connectivity index (χ1n) is 6.82. The molecule has 1 heterocycles. The molecule has 2 atom stereocenters. The number of rotatable bonds is 3. The third-order valence-corrected chi connectivity index (χ3v) is 3.64. The van der Waals surface area contributed by atoms with Crippen molar-refractivity contribution in [3.05, 3.63) is 35.9 Å². The summed E-state index contributed by atoms with van der Waals surface area (Å²) >= 11 is 0. The highest BCUT2D eigenvalue weighted by molar-refractivity contribution is 5.68. The SMILES string of the molecule is N#CC[C@H]1C[C@@H](C(F)(F)F)CN1C(=O)OCc1ccccc1. The third kappa shape index (κ3) is 3.91. The van der Waals surface area contributed by atoms with Crippen molar-refractivity contribution in [3.63, 3.8) is 0 Å². The molecule has 1 aliphatic rings. The van der Waals surface area contributed by atoms with Crippen LogP contribution < -0.4 is 0 Å². The van der Waals surface area contributed by atoms with E-state index in [4.69, 9.17) is 10.00 Å². The smallest absolute Gasteiger partial charge is 0.410 e. The van der Waals surface area contributed by atoms with E-state index in [0.717, 1.165) is 10.5 Å². The second-order valence-corrected chi connectivity index (χ2v) is 5.18. The van der Waals surface area contributed by atoms with Gasteiger partial charge in [-0.2, -0.15) is 18.4 Å². The van der Waals surface area contributed by atoms with E-state index in [-0.39, 0.29) is 19.4 Å². The van der Waals surface area contributed by atoms with Gasteiger partial charge in [0.25, 0.3) is 0 Å². The number of nitrogens with zero attached hydrogens (tertiary/aromatic N) is 2. The maximum absolute atomic E-state index is 12.8. The molecule has 1 aliphatic heterocycles. The van der Waals surface area contributed by atoms with E-state index in [2.05, 4.69) is 0 Å². The van der Waals surface area contributed by atoms with E-state index in [1.807, 2.05) is 12.1 Å². The van der Waals surface area contributed by atoms with E-state index < -0.39 is 30.8 Å². The summed E-state index contributed by atoms with van der Waals surface area (Å²) in [6, 6.07) is 9.94. The molecule has 1 fully saturated rings. The van der Waals surface area contributed by atoms with E-state index in [1.54, 1.807) is 24.3 Å². The van der Waals surface area contributed by atoms with E-state index in [1.165, 1.54) is 0 Å². The largest absolute Gasteiger partial charge is 0.445 e. The monoisotopic (exact) mass is 312 g/mol. The van der Waals surface area contributed by atoms with Crippen molar-refractivity contribution in [2.75, 3.05) is 6.54 Å². The number of hydrogen-bond acceptors (Lipinski definition) is 3. The van der Waals surface area contributed by atoms with Gasteiger partial charge >= 0.3 is 12.3 Å². The van der Waals surface area contributed by atoms with Gasteiger partial charge < -0.3 is 9.64 Å². The number of hydrogen-bond donors (Lipinski definition) is 0. The fraction of sp³-hybridized carbons (Fsp3) is 0.467. The summed E-state index contributed by atoms with van der Waals surface area (Å²) in [5.74, 6) is -1.60. The van der Waals surface area contributed by atoms with Crippen LogP contribution in [0.4, 0.5) is 18.0 Å². The summed E-state index contributed by atoms with van der Waals surface area (Å²) in [6.45, 7) is -0.463. The highest BCUT2D eigenvalue weighted by Gasteiger charge is 2.49. The Bertz CT molecular complexity index is 554. The lowest BCUT2D eigenvalue weighted by atomic mass is 10.0. The first-order chi connectivity index (χ1) is 10.4. The van der Waals surface area contributed by atoms with Crippen LogP contribution in [0.3, 0.4) is 0 Å². The molecule has 0 N–H and O–H groups in total. The Morgan fingerprint density at radius 3 is 2.64 bits per heavy atom. The molecule has 2 rings (SSSR count). The van der Waals surface area contributed by atoms with Crippen LogP contribution in [-0.4, -0.2) is 29.8 Å². The average molecular weight is 312 g/mol. The maximum Gasteiger partial charge on any atom is 0.410 e. The molecule has 0 aromatic heterocycles. The summed E-state index contributed by atoms with van der Waals surface area (Å²) in [5, 5.41) is 8.71. The van der Waals surface area contributed by atoms with E-state index in [0.29, 0.717) is 0 Å². The molecular formula is C15H15F3N2O2. The summed E-state index contributed by atoms with van der Waals surface area (Å²) in [5.41, 5.74) is 0.749. The highest BCUT2D eigenvalue weighted by atomic mass is 19.4.